The monoisotopic (exact) mass is 310 g/mol. The normalized spacial score (nSPS) is 10.2. The number of halogens is 1. The van der Waals surface area contributed by atoms with E-state index in [2.05, 4.69) is 26.3 Å². The van der Waals surface area contributed by atoms with Gasteiger partial charge in [0.05, 0.1) is 4.47 Å². The maximum atomic E-state index is 5.44. The first-order valence-electron chi connectivity index (χ1n) is 4.92. The molecule has 0 amide bonds. The predicted molar refractivity (Wildman–Crippen MR) is 76.8 cm³/mol. The van der Waals surface area contributed by atoms with Crippen molar-refractivity contribution in [3.63, 3.8) is 0 Å². The highest BCUT2D eigenvalue weighted by Crippen LogP contribution is 2.27. The Hall–Kier alpha value is -1.40. The number of benzene rings is 1. The Kier molecular flexibility index (Phi) is 3.44. The fourth-order valence-corrected chi connectivity index (χ4v) is 2.26. The Balaban J connectivity index is 2.39. The van der Waals surface area contributed by atoms with Crippen molar-refractivity contribution in [1.82, 2.24) is 9.78 Å². The van der Waals surface area contributed by atoms with Gasteiger partial charge in [-0.1, -0.05) is 12.1 Å². The minimum Gasteiger partial charge on any atom is -0.376 e. The van der Waals surface area contributed by atoms with Crippen LogP contribution in [0.4, 0.5) is 5.69 Å². The first-order chi connectivity index (χ1) is 8.06. The van der Waals surface area contributed by atoms with Crippen molar-refractivity contribution in [2.24, 2.45) is 12.8 Å². The average molecular weight is 311 g/mol. The van der Waals surface area contributed by atoms with Crippen molar-refractivity contribution >= 4 is 38.9 Å². The molecule has 17 heavy (non-hydrogen) atoms. The van der Waals surface area contributed by atoms with Gasteiger partial charge in [-0.05, 0) is 40.3 Å². The lowest BCUT2D eigenvalue weighted by Gasteiger charge is -2.05. The number of nitrogens with zero attached hydrogens (tertiary/aromatic N) is 2. The first-order valence-corrected chi connectivity index (χ1v) is 6.12. The van der Waals surface area contributed by atoms with E-state index in [1.165, 1.54) is 0 Å². The maximum absolute atomic E-state index is 5.44. The molecule has 1 aromatic carbocycles. The molecular formula is C11H11BrN4S. The first kappa shape index (κ1) is 12.1. The molecule has 0 atom stereocenters. The highest BCUT2D eigenvalue weighted by atomic mass is 79.9. The summed E-state index contributed by atoms with van der Waals surface area (Å²) in [5.74, 6) is 0. The third-order valence-corrected chi connectivity index (χ3v) is 2.87. The van der Waals surface area contributed by atoms with Gasteiger partial charge in [0.1, 0.15) is 5.69 Å². The number of rotatable bonds is 2. The zero-order chi connectivity index (χ0) is 12.4. The van der Waals surface area contributed by atoms with Crippen molar-refractivity contribution in [3.05, 3.63) is 34.9 Å². The molecule has 0 radical (unpaired) electrons. The number of anilines is 1. The summed E-state index contributed by atoms with van der Waals surface area (Å²) in [5, 5.41) is 7.53. The van der Waals surface area contributed by atoms with Gasteiger partial charge in [0.15, 0.2) is 5.11 Å². The van der Waals surface area contributed by atoms with E-state index < -0.39 is 0 Å². The van der Waals surface area contributed by atoms with E-state index >= 15 is 0 Å². The minimum atomic E-state index is 0.252. The summed E-state index contributed by atoms with van der Waals surface area (Å²) in [6.07, 6.45) is 1.91. The van der Waals surface area contributed by atoms with Crippen LogP contribution < -0.4 is 11.1 Å². The average Bonchev–Trinajstić information content (AvgIpc) is 2.57. The van der Waals surface area contributed by atoms with Crippen LogP contribution in [0, 0.1) is 0 Å². The molecule has 0 spiro atoms. The predicted octanol–water partition coefficient (Wildman–Crippen LogP) is 2.51. The third kappa shape index (κ3) is 2.83. The van der Waals surface area contributed by atoms with Crippen LogP contribution in [-0.4, -0.2) is 14.9 Å². The highest BCUT2D eigenvalue weighted by molar-refractivity contribution is 9.10. The van der Waals surface area contributed by atoms with Crippen LogP contribution >= 0.6 is 28.1 Å². The largest absolute Gasteiger partial charge is 0.376 e. The Morgan fingerprint density at radius 2 is 2.29 bits per heavy atom. The molecule has 1 heterocycles. The Bertz CT molecular complexity index is 564. The number of aromatic nitrogens is 2. The maximum Gasteiger partial charge on any atom is 0.168 e. The molecule has 1 aromatic heterocycles. The van der Waals surface area contributed by atoms with Crippen LogP contribution in [-0.2, 0) is 7.05 Å². The van der Waals surface area contributed by atoms with Gasteiger partial charge in [-0.2, -0.15) is 5.10 Å². The summed E-state index contributed by atoms with van der Waals surface area (Å²) in [6, 6.07) is 7.76. The summed E-state index contributed by atoms with van der Waals surface area (Å²) in [7, 11) is 1.88. The number of hydrogen-bond donors (Lipinski definition) is 2. The zero-order valence-electron chi connectivity index (χ0n) is 9.14. The fraction of sp³-hybridized carbons (Fsp3) is 0.0909. The molecule has 0 unspecified atom stereocenters. The molecule has 0 saturated heterocycles. The molecule has 0 aliphatic heterocycles. The summed E-state index contributed by atoms with van der Waals surface area (Å²) < 4.78 is 2.71. The molecule has 0 bridgehead atoms. The van der Waals surface area contributed by atoms with E-state index in [4.69, 9.17) is 18.0 Å². The number of hydrogen-bond acceptors (Lipinski definition) is 2. The van der Waals surface area contributed by atoms with Crippen LogP contribution in [0.25, 0.3) is 11.3 Å². The van der Waals surface area contributed by atoms with E-state index in [0.29, 0.717) is 0 Å². The lowest BCUT2D eigenvalue weighted by Crippen LogP contribution is -2.18. The molecule has 0 aliphatic carbocycles. The SMILES string of the molecule is Cn1cc(Br)c(-c2cccc(NC(N)=S)c2)n1. The van der Waals surface area contributed by atoms with Gasteiger partial charge in [0.25, 0.3) is 0 Å². The second kappa shape index (κ2) is 4.85. The molecular weight excluding hydrogens is 300 g/mol. The Labute approximate surface area is 113 Å². The molecule has 2 aromatic rings. The van der Waals surface area contributed by atoms with Crippen LogP contribution in [0.5, 0.6) is 0 Å². The quantitative estimate of drug-likeness (QED) is 0.837. The van der Waals surface area contributed by atoms with Crippen molar-refractivity contribution in [3.8, 4) is 11.3 Å². The molecule has 0 saturated carbocycles. The van der Waals surface area contributed by atoms with E-state index in [9.17, 15) is 0 Å². The number of nitrogens with two attached hydrogens (primary N) is 1. The second-order valence-corrected chi connectivity index (χ2v) is 4.86. The summed E-state index contributed by atoms with van der Waals surface area (Å²) in [4.78, 5) is 0. The zero-order valence-corrected chi connectivity index (χ0v) is 11.5. The molecule has 4 nitrogen and oxygen atoms in total. The van der Waals surface area contributed by atoms with Gasteiger partial charge in [-0.3, -0.25) is 4.68 Å². The molecule has 88 valence electrons. The lowest BCUT2D eigenvalue weighted by molar-refractivity contribution is 0.770. The van der Waals surface area contributed by atoms with Crippen molar-refractivity contribution in [1.29, 1.82) is 0 Å². The summed E-state index contributed by atoms with van der Waals surface area (Å²) in [6.45, 7) is 0. The van der Waals surface area contributed by atoms with Crippen molar-refractivity contribution < 1.29 is 0 Å². The number of thiocarbonyl (C=S) groups is 1. The molecule has 0 aliphatic rings. The van der Waals surface area contributed by atoms with E-state index in [1.807, 2.05) is 37.5 Å². The van der Waals surface area contributed by atoms with Crippen LogP contribution in [0.1, 0.15) is 0 Å². The van der Waals surface area contributed by atoms with Crippen molar-refractivity contribution in [2.75, 3.05) is 5.32 Å². The van der Waals surface area contributed by atoms with Gasteiger partial charge < -0.3 is 11.1 Å². The van der Waals surface area contributed by atoms with Crippen LogP contribution in [0.15, 0.2) is 34.9 Å². The second-order valence-electron chi connectivity index (χ2n) is 3.57. The Morgan fingerprint density at radius 1 is 1.53 bits per heavy atom. The highest BCUT2D eigenvalue weighted by Gasteiger charge is 2.08. The van der Waals surface area contributed by atoms with Gasteiger partial charge in [-0.25, -0.2) is 0 Å². The van der Waals surface area contributed by atoms with Gasteiger partial charge in [-0.15, -0.1) is 0 Å². The van der Waals surface area contributed by atoms with Crippen LogP contribution in [0.2, 0.25) is 0 Å². The van der Waals surface area contributed by atoms with Crippen molar-refractivity contribution in [2.45, 2.75) is 0 Å². The molecule has 2 rings (SSSR count). The Morgan fingerprint density at radius 3 is 2.88 bits per heavy atom. The summed E-state index contributed by atoms with van der Waals surface area (Å²) >= 11 is 8.28. The number of nitrogens with one attached hydrogen (secondary N) is 1. The lowest BCUT2D eigenvalue weighted by atomic mass is 10.1. The fourth-order valence-electron chi connectivity index (χ4n) is 1.54. The molecule has 0 fully saturated rings. The van der Waals surface area contributed by atoms with E-state index in [1.54, 1.807) is 4.68 Å². The van der Waals surface area contributed by atoms with Gasteiger partial charge >= 0.3 is 0 Å². The topological polar surface area (TPSA) is 55.9 Å². The minimum absolute atomic E-state index is 0.252. The molecule has 6 heteroatoms. The standard InChI is InChI=1S/C11H11BrN4S/c1-16-6-9(12)10(15-16)7-3-2-4-8(5-7)14-11(13)17/h2-6H,1H3,(H3,13,14,17). The van der Waals surface area contributed by atoms with E-state index in [-0.39, 0.29) is 5.11 Å². The van der Waals surface area contributed by atoms with Gasteiger partial charge in [0.2, 0.25) is 0 Å². The number of aryl methyl sites for hydroxylation is 1. The van der Waals surface area contributed by atoms with E-state index in [0.717, 1.165) is 21.4 Å². The third-order valence-electron chi connectivity index (χ3n) is 2.19. The smallest absolute Gasteiger partial charge is 0.168 e. The molecule has 3 N–H and O–H groups in total. The van der Waals surface area contributed by atoms with Gasteiger partial charge in [0, 0.05) is 24.5 Å². The summed E-state index contributed by atoms with van der Waals surface area (Å²) in [5.41, 5.74) is 8.18. The van der Waals surface area contributed by atoms with Crippen LogP contribution in [0.3, 0.4) is 0 Å².